The smallest absolute Gasteiger partial charge is 0.262 e. The average molecular weight is 410 g/mol. The van der Waals surface area contributed by atoms with Gasteiger partial charge in [0, 0.05) is 31.3 Å². The van der Waals surface area contributed by atoms with Crippen LogP contribution in [0.5, 0.6) is 0 Å². The number of hydrogen-bond donors (Lipinski definition) is 0. The summed E-state index contributed by atoms with van der Waals surface area (Å²) in [4.78, 5) is 23.9. The van der Waals surface area contributed by atoms with E-state index >= 15 is 0 Å². The number of carbonyl (C=O) groups is 2. The topological polar surface area (TPSA) is 39.1 Å². The summed E-state index contributed by atoms with van der Waals surface area (Å²) in [6.45, 7) is 0. The maximum Gasteiger partial charge on any atom is 0.262 e. The van der Waals surface area contributed by atoms with E-state index in [4.69, 9.17) is 11.6 Å². The van der Waals surface area contributed by atoms with Crippen LogP contribution in [0.4, 0.5) is 0 Å². The maximum atomic E-state index is 12.6. The van der Waals surface area contributed by atoms with Crippen LogP contribution in [0.1, 0.15) is 20.7 Å². The van der Waals surface area contributed by atoms with Gasteiger partial charge in [-0.15, -0.1) is 0 Å². The molecular weight excluding hydrogens is 401 g/mol. The molecular formula is C16H9ClINO2. The number of aromatic nitrogens is 1. The minimum Gasteiger partial charge on any atom is -0.298 e. The van der Waals surface area contributed by atoms with Gasteiger partial charge in [0.1, 0.15) is 0 Å². The van der Waals surface area contributed by atoms with Crippen molar-refractivity contribution in [1.29, 1.82) is 0 Å². The molecule has 0 unspecified atom stereocenters. The zero-order valence-electron chi connectivity index (χ0n) is 10.7. The highest BCUT2D eigenvalue weighted by molar-refractivity contribution is 14.1. The molecule has 0 aliphatic heterocycles. The fraction of sp³-hybridized carbons (Fsp3) is 0. The van der Waals surface area contributed by atoms with Gasteiger partial charge in [-0.3, -0.25) is 14.2 Å². The van der Waals surface area contributed by atoms with Crippen LogP contribution in [-0.4, -0.2) is 16.8 Å². The lowest BCUT2D eigenvalue weighted by atomic mass is 10.2. The van der Waals surface area contributed by atoms with Crippen molar-refractivity contribution < 1.29 is 9.59 Å². The largest absolute Gasteiger partial charge is 0.298 e. The fourth-order valence-electron chi connectivity index (χ4n) is 2.29. The van der Waals surface area contributed by atoms with E-state index in [1.165, 1.54) is 4.57 Å². The van der Waals surface area contributed by atoms with Crippen LogP contribution in [0.3, 0.4) is 0 Å². The van der Waals surface area contributed by atoms with E-state index in [9.17, 15) is 9.59 Å². The Labute approximate surface area is 139 Å². The quantitative estimate of drug-likeness (QED) is 0.465. The highest BCUT2D eigenvalue weighted by Crippen LogP contribution is 2.29. The lowest BCUT2D eigenvalue weighted by Gasteiger charge is -2.05. The second-order valence-corrected chi connectivity index (χ2v) is 6.12. The molecule has 104 valence electrons. The number of nitrogens with zero attached hydrogens (tertiary/aromatic N) is 1. The zero-order valence-corrected chi connectivity index (χ0v) is 13.6. The van der Waals surface area contributed by atoms with E-state index in [0.29, 0.717) is 21.7 Å². The predicted molar refractivity (Wildman–Crippen MR) is 91.2 cm³/mol. The summed E-state index contributed by atoms with van der Waals surface area (Å²) in [6.07, 6.45) is 2.32. The molecule has 0 saturated carbocycles. The molecule has 0 saturated heterocycles. The van der Waals surface area contributed by atoms with E-state index in [1.54, 1.807) is 42.6 Å². The predicted octanol–water partition coefficient (Wildman–Crippen LogP) is 4.40. The minimum absolute atomic E-state index is 0.188. The molecule has 3 aromatic rings. The molecule has 1 heterocycles. The van der Waals surface area contributed by atoms with Crippen molar-refractivity contribution in [2.24, 2.45) is 0 Å². The number of halogens is 2. The summed E-state index contributed by atoms with van der Waals surface area (Å²) in [5.41, 5.74) is 1.68. The van der Waals surface area contributed by atoms with Gasteiger partial charge in [-0.25, -0.2) is 0 Å². The van der Waals surface area contributed by atoms with Gasteiger partial charge in [0.15, 0.2) is 6.29 Å². The molecule has 3 nitrogen and oxygen atoms in total. The van der Waals surface area contributed by atoms with Crippen LogP contribution in [0.15, 0.2) is 48.7 Å². The van der Waals surface area contributed by atoms with Crippen molar-refractivity contribution in [3.63, 3.8) is 0 Å². The van der Waals surface area contributed by atoms with Gasteiger partial charge in [0.2, 0.25) is 0 Å². The third-order valence-electron chi connectivity index (χ3n) is 3.22. The Bertz CT molecular complexity index is 856. The Kier molecular flexibility index (Phi) is 3.82. The Morgan fingerprint density at radius 3 is 2.57 bits per heavy atom. The molecule has 0 fully saturated rings. The van der Waals surface area contributed by atoms with Crippen LogP contribution in [0, 0.1) is 3.57 Å². The molecule has 0 atom stereocenters. The first-order chi connectivity index (χ1) is 10.1. The van der Waals surface area contributed by atoms with Gasteiger partial charge in [-0.2, -0.15) is 0 Å². The minimum atomic E-state index is -0.188. The van der Waals surface area contributed by atoms with Crippen molar-refractivity contribution in [1.82, 2.24) is 4.57 Å². The van der Waals surface area contributed by atoms with E-state index < -0.39 is 0 Å². The summed E-state index contributed by atoms with van der Waals surface area (Å²) in [7, 11) is 0. The zero-order chi connectivity index (χ0) is 15.0. The third kappa shape index (κ3) is 2.49. The summed E-state index contributed by atoms with van der Waals surface area (Å²) in [5.74, 6) is -0.188. The monoisotopic (exact) mass is 409 g/mol. The summed E-state index contributed by atoms with van der Waals surface area (Å²) in [6, 6.07) is 12.4. The summed E-state index contributed by atoms with van der Waals surface area (Å²) >= 11 is 8.20. The molecule has 0 bridgehead atoms. The lowest BCUT2D eigenvalue weighted by molar-refractivity contribution is 0.0965. The van der Waals surface area contributed by atoms with Gasteiger partial charge >= 0.3 is 0 Å². The van der Waals surface area contributed by atoms with Gasteiger partial charge in [0.05, 0.1) is 5.52 Å². The molecule has 0 N–H and O–H groups in total. The number of carbonyl (C=O) groups excluding carboxylic acids is 2. The van der Waals surface area contributed by atoms with Gasteiger partial charge in [-0.1, -0.05) is 29.8 Å². The molecule has 1 aromatic heterocycles. The molecule has 21 heavy (non-hydrogen) atoms. The summed E-state index contributed by atoms with van der Waals surface area (Å²) in [5, 5.41) is 1.28. The van der Waals surface area contributed by atoms with Crippen LogP contribution in [-0.2, 0) is 0 Å². The SMILES string of the molecule is O=Cc1cn(C(=O)c2ccccc2)c2cc(Cl)cc(I)c12. The number of aldehydes is 1. The molecule has 0 spiro atoms. The second kappa shape index (κ2) is 5.61. The highest BCUT2D eigenvalue weighted by Gasteiger charge is 2.17. The Morgan fingerprint density at radius 1 is 1.19 bits per heavy atom. The Balaban J connectivity index is 2.29. The van der Waals surface area contributed by atoms with Crippen LogP contribution >= 0.6 is 34.2 Å². The number of benzene rings is 2. The average Bonchev–Trinajstić information content (AvgIpc) is 2.86. The number of hydrogen-bond acceptors (Lipinski definition) is 2. The van der Waals surface area contributed by atoms with E-state index in [2.05, 4.69) is 22.6 Å². The Hall–Kier alpha value is -1.66. The molecule has 0 aliphatic carbocycles. The van der Waals surface area contributed by atoms with Crippen molar-refractivity contribution in [3.05, 3.63) is 68.4 Å². The van der Waals surface area contributed by atoms with Crippen LogP contribution in [0.25, 0.3) is 10.9 Å². The molecule has 2 aromatic carbocycles. The molecule has 3 rings (SSSR count). The van der Waals surface area contributed by atoms with Gasteiger partial charge in [-0.05, 0) is 46.9 Å². The van der Waals surface area contributed by atoms with Crippen molar-refractivity contribution >= 4 is 57.3 Å². The van der Waals surface area contributed by atoms with E-state index in [0.717, 1.165) is 15.2 Å². The Morgan fingerprint density at radius 2 is 1.90 bits per heavy atom. The van der Waals surface area contributed by atoms with Crippen LogP contribution < -0.4 is 0 Å². The van der Waals surface area contributed by atoms with Crippen molar-refractivity contribution in [3.8, 4) is 0 Å². The fourth-order valence-corrected chi connectivity index (χ4v) is 3.61. The molecule has 0 amide bonds. The maximum absolute atomic E-state index is 12.6. The van der Waals surface area contributed by atoms with Gasteiger partial charge in [0.25, 0.3) is 5.91 Å². The number of rotatable bonds is 2. The third-order valence-corrected chi connectivity index (χ3v) is 4.29. The van der Waals surface area contributed by atoms with Crippen LogP contribution in [0.2, 0.25) is 5.02 Å². The molecule has 0 radical (unpaired) electrons. The van der Waals surface area contributed by atoms with E-state index in [1.807, 2.05) is 6.07 Å². The van der Waals surface area contributed by atoms with E-state index in [-0.39, 0.29) is 5.91 Å². The van der Waals surface area contributed by atoms with Crippen molar-refractivity contribution in [2.45, 2.75) is 0 Å². The first-order valence-corrected chi connectivity index (χ1v) is 7.62. The second-order valence-electron chi connectivity index (χ2n) is 4.53. The lowest BCUT2D eigenvalue weighted by Crippen LogP contribution is -2.10. The summed E-state index contributed by atoms with van der Waals surface area (Å²) < 4.78 is 2.32. The van der Waals surface area contributed by atoms with Crippen molar-refractivity contribution in [2.75, 3.05) is 0 Å². The number of fused-ring (bicyclic) bond motifs is 1. The standard InChI is InChI=1S/C16H9ClINO2/c17-12-6-13(18)15-11(9-20)8-19(14(15)7-12)16(21)10-4-2-1-3-5-10/h1-9H. The normalized spacial score (nSPS) is 10.8. The first kappa shape index (κ1) is 14.3. The molecule has 5 heteroatoms. The highest BCUT2D eigenvalue weighted by atomic mass is 127. The molecule has 0 aliphatic rings. The van der Waals surface area contributed by atoms with Gasteiger partial charge < -0.3 is 0 Å². The first-order valence-electron chi connectivity index (χ1n) is 6.17.